The minimum absolute atomic E-state index is 0.0179. The Hall–Kier alpha value is -2.25. The Labute approximate surface area is 289 Å². The van der Waals surface area contributed by atoms with Gasteiger partial charge in [-0.25, -0.2) is 9.79 Å². The van der Waals surface area contributed by atoms with Gasteiger partial charge in [-0.1, -0.05) is 71.9 Å². The maximum absolute atomic E-state index is 14.1. The minimum Gasteiger partial charge on any atom is -0.443 e. The van der Waals surface area contributed by atoms with Crippen LogP contribution in [0, 0.1) is 11.3 Å². The Balaban J connectivity index is 1.99. The van der Waals surface area contributed by atoms with Crippen LogP contribution in [0.2, 0.25) is 18.1 Å². The minimum atomic E-state index is -2.01. The van der Waals surface area contributed by atoms with E-state index in [2.05, 4.69) is 46.2 Å². The second-order valence-corrected chi connectivity index (χ2v) is 18.6. The summed E-state index contributed by atoms with van der Waals surface area (Å²) in [4.78, 5) is 31.8. The van der Waals surface area contributed by atoms with Crippen LogP contribution in [0.1, 0.15) is 78.1 Å². The van der Waals surface area contributed by atoms with Gasteiger partial charge in [0, 0.05) is 58.1 Å². The van der Waals surface area contributed by atoms with Gasteiger partial charge in [-0.2, -0.15) is 0 Å². The van der Waals surface area contributed by atoms with Crippen molar-refractivity contribution in [1.82, 2.24) is 0 Å². The molecule has 0 aliphatic carbocycles. The largest absolute Gasteiger partial charge is 0.443 e. The third-order valence-corrected chi connectivity index (χ3v) is 15.4. The van der Waals surface area contributed by atoms with Crippen LogP contribution in [0.4, 0.5) is 0 Å². The second-order valence-electron chi connectivity index (χ2n) is 13.8. The first kappa shape index (κ1) is 40.2. The highest BCUT2D eigenvalue weighted by molar-refractivity contribution is 6.73. The van der Waals surface area contributed by atoms with Gasteiger partial charge in [0.25, 0.3) is 5.91 Å². The molecule has 0 radical (unpaired) electrons. The molecule has 0 spiro atoms. The first-order chi connectivity index (χ1) is 22.7. The number of aliphatic imine (C=N–C) groups is 1. The van der Waals surface area contributed by atoms with Gasteiger partial charge in [0.15, 0.2) is 8.32 Å². The molecule has 0 unspecified atom stereocenters. The topological polar surface area (TPSA) is 111 Å². The van der Waals surface area contributed by atoms with E-state index in [1.54, 1.807) is 44.6 Å². The molecule has 1 aromatic carbocycles. The van der Waals surface area contributed by atoms with Crippen molar-refractivity contribution in [3.8, 4) is 0 Å². The second kappa shape index (κ2) is 17.6. The molecule has 2 heterocycles. The molecular formula is C37H59NO9Si. The van der Waals surface area contributed by atoms with E-state index in [4.69, 9.17) is 32.8 Å². The summed E-state index contributed by atoms with van der Waals surface area (Å²) in [6.45, 7) is 19.5. The van der Waals surface area contributed by atoms with Crippen molar-refractivity contribution in [3.05, 3.63) is 48.0 Å². The van der Waals surface area contributed by atoms with Crippen molar-refractivity contribution in [2.75, 3.05) is 27.9 Å². The van der Waals surface area contributed by atoms with Crippen LogP contribution in [-0.4, -0.2) is 96.8 Å². The quantitative estimate of drug-likeness (QED) is 0.0803. The van der Waals surface area contributed by atoms with E-state index in [1.165, 1.54) is 13.3 Å². The lowest BCUT2D eigenvalue weighted by Gasteiger charge is -2.50. The van der Waals surface area contributed by atoms with Crippen LogP contribution in [-0.2, 0) is 37.6 Å². The molecule has 8 atom stereocenters. The van der Waals surface area contributed by atoms with Crippen LogP contribution in [0.25, 0.3) is 0 Å². The normalized spacial score (nSPS) is 29.0. The van der Waals surface area contributed by atoms with Gasteiger partial charge in [0.2, 0.25) is 11.9 Å². The van der Waals surface area contributed by atoms with Crippen molar-refractivity contribution in [3.63, 3.8) is 0 Å². The molecule has 0 N–H and O–H groups in total. The first-order valence-corrected chi connectivity index (χ1v) is 19.9. The number of hydrogen-bond donors (Lipinski definition) is 0. The summed E-state index contributed by atoms with van der Waals surface area (Å²) >= 11 is 0. The molecule has 1 aromatic rings. The van der Waals surface area contributed by atoms with E-state index in [1.807, 2.05) is 13.8 Å². The van der Waals surface area contributed by atoms with Crippen molar-refractivity contribution in [2.24, 2.45) is 16.3 Å². The summed E-state index contributed by atoms with van der Waals surface area (Å²) in [5, 5.41) is 0. The number of ether oxygens (including phenoxy) is 6. The summed E-state index contributed by atoms with van der Waals surface area (Å²) in [7, 11) is 2.75. The van der Waals surface area contributed by atoms with Gasteiger partial charge < -0.3 is 32.8 Å². The zero-order valence-corrected chi connectivity index (χ0v) is 31.8. The zero-order chi connectivity index (χ0) is 35.7. The highest BCUT2D eigenvalue weighted by Gasteiger charge is 2.53. The number of methoxy groups -OCH3 is 3. The smallest absolute Gasteiger partial charge is 0.339 e. The molecule has 2 aliphatic rings. The van der Waals surface area contributed by atoms with Gasteiger partial charge in [0.05, 0.1) is 42.7 Å². The van der Waals surface area contributed by atoms with Gasteiger partial charge in [-0.3, -0.25) is 4.79 Å². The molecule has 2 fully saturated rings. The molecule has 0 aromatic heterocycles. The number of benzene rings is 1. The molecule has 48 heavy (non-hydrogen) atoms. The number of esters is 1. The van der Waals surface area contributed by atoms with Gasteiger partial charge in [0.1, 0.15) is 0 Å². The predicted octanol–water partition coefficient (Wildman–Crippen LogP) is 6.78. The van der Waals surface area contributed by atoms with E-state index in [-0.39, 0.29) is 42.2 Å². The lowest BCUT2D eigenvalue weighted by atomic mass is 9.74. The van der Waals surface area contributed by atoms with Crippen molar-refractivity contribution < 1.29 is 42.4 Å². The Morgan fingerprint density at radius 2 is 1.73 bits per heavy atom. The van der Waals surface area contributed by atoms with E-state index >= 15 is 0 Å². The maximum atomic E-state index is 14.1. The average Bonchev–Trinajstić information content (AvgIpc) is 3.08. The van der Waals surface area contributed by atoms with Gasteiger partial charge >= 0.3 is 5.97 Å². The van der Waals surface area contributed by atoms with Crippen molar-refractivity contribution in [1.29, 1.82) is 0 Å². The zero-order valence-electron chi connectivity index (χ0n) is 30.8. The van der Waals surface area contributed by atoms with Crippen molar-refractivity contribution >= 4 is 26.4 Å². The highest BCUT2D eigenvalue weighted by atomic mass is 28.4. The van der Waals surface area contributed by atoms with E-state index in [9.17, 15) is 9.59 Å². The number of hydrogen-bond acceptors (Lipinski definition) is 9. The van der Waals surface area contributed by atoms with Crippen LogP contribution in [0.5, 0.6) is 0 Å². The first-order valence-electron chi connectivity index (χ1n) is 17.3. The third-order valence-electron chi connectivity index (χ3n) is 10.7. The lowest BCUT2D eigenvalue weighted by Crippen LogP contribution is -2.58. The Morgan fingerprint density at radius 1 is 1.08 bits per heavy atom. The predicted molar refractivity (Wildman–Crippen MR) is 189 cm³/mol. The summed E-state index contributed by atoms with van der Waals surface area (Å²) in [6, 6.07) is 11.5. The molecular weight excluding hydrogens is 630 g/mol. The highest BCUT2D eigenvalue weighted by Crippen LogP contribution is 2.43. The molecule has 0 bridgehead atoms. The number of amides is 1. The molecule has 11 heteroatoms. The third kappa shape index (κ3) is 9.29. The Bertz CT molecular complexity index is 1230. The molecule has 2 aliphatic heterocycles. The maximum Gasteiger partial charge on any atom is 0.339 e. The van der Waals surface area contributed by atoms with E-state index in [0.29, 0.717) is 25.0 Å². The molecule has 1 amide bonds. The fourth-order valence-corrected chi connectivity index (χ4v) is 9.73. The average molecular weight is 690 g/mol. The van der Waals surface area contributed by atoms with Gasteiger partial charge in [-0.05, 0) is 37.2 Å². The number of carbonyl (C=O) groups is 2. The lowest BCUT2D eigenvalue weighted by molar-refractivity contribution is -0.296. The summed E-state index contributed by atoms with van der Waals surface area (Å²) in [6.07, 6.45) is -0.222. The molecule has 10 nitrogen and oxygen atoms in total. The Morgan fingerprint density at radius 3 is 2.27 bits per heavy atom. The fourth-order valence-electron chi connectivity index (χ4n) is 6.73. The summed E-state index contributed by atoms with van der Waals surface area (Å²) < 4.78 is 43.0. The van der Waals surface area contributed by atoms with E-state index < -0.39 is 38.2 Å². The standard InChI is InChI=1S/C37H59NO9Si/c1-12-48(13-2,14-3)47-32-20-29(44-31(36(32,7)8)21-30(42-10)24-41-9)23-38-34(39)33(45-35(40)28-18-16-15-17-19-28)37(43-11)22-25(4)26(5)27(6)46-37/h15-19,23,26-27,29-33H,4,12-14,20-22,24H2,1-3,5-11H3/t26-,27-,29+,30+,31-,32-,33-,37-/m1/s1. The van der Waals surface area contributed by atoms with Gasteiger partial charge in [-0.15, -0.1) is 0 Å². The number of rotatable bonds is 16. The summed E-state index contributed by atoms with van der Waals surface area (Å²) in [5.41, 5.74) is 0.766. The molecule has 2 saturated heterocycles. The Kier molecular flexibility index (Phi) is 14.7. The summed E-state index contributed by atoms with van der Waals surface area (Å²) in [5.74, 6) is -2.99. The SMILES string of the molecule is C=C1C[C@](OC)([C@H](OC(=O)c2ccccc2)C(=O)N=C[C@@H]2C[C@@H](O[Si](CC)(CC)CC)C(C)(C)[C@@H](C[C@@H](COC)OC)O2)O[C@H](C)[C@@H]1C. The van der Waals surface area contributed by atoms with Crippen LogP contribution >= 0.6 is 0 Å². The van der Waals surface area contributed by atoms with E-state index in [0.717, 1.165) is 23.7 Å². The number of nitrogens with zero attached hydrogens (tertiary/aromatic N) is 1. The van der Waals surface area contributed by atoms with Crippen molar-refractivity contribution in [2.45, 2.75) is 128 Å². The fraction of sp³-hybridized carbons (Fsp3) is 0.703. The van der Waals surface area contributed by atoms with Crippen LogP contribution in [0.3, 0.4) is 0 Å². The molecule has 270 valence electrons. The number of carbonyl (C=O) groups excluding carboxylic acids is 2. The molecule has 0 saturated carbocycles. The monoisotopic (exact) mass is 689 g/mol. The molecule has 3 rings (SSSR count). The van der Waals surface area contributed by atoms with Crippen LogP contribution in [0.15, 0.2) is 47.5 Å². The van der Waals surface area contributed by atoms with Crippen LogP contribution < -0.4 is 0 Å².